The highest BCUT2D eigenvalue weighted by Gasteiger charge is 2.32. The van der Waals surface area contributed by atoms with Crippen LogP contribution in [0.25, 0.3) is 11.0 Å². The van der Waals surface area contributed by atoms with Crippen molar-refractivity contribution in [3.63, 3.8) is 0 Å². The van der Waals surface area contributed by atoms with Crippen LogP contribution in [-0.2, 0) is 13.6 Å². The van der Waals surface area contributed by atoms with Gasteiger partial charge in [-0.05, 0) is 31.0 Å². The van der Waals surface area contributed by atoms with Gasteiger partial charge in [0, 0.05) is 25.7 Å². The van der Waals surface area contributed by atoms with E-state index >= 15 is 0 Å². The summed E-state index contributed by atoms with van der Waals surface area (Å²) in [5.41, 5.74) is 9.47. The highest BCUT2D eigenvalue weighted by molar-refractivity contribution is 5.75. The summed E-state index contributed by atoms with van der Waals surface area (Å²) in [6.45, 7) is 8.75. The third kappa shape index (κ3) is 3.57. The van der Waals surface area contributed by atoms with Crippen molar-refractivity contribution >= 4 is 11.0 Å². The smallest absolute Gasteiger partial charge is 0.123 e. The summed E-state index contributed by atoms with van der Waals surface area (Å²) < 4.78 is 2.20. The van der Waals surface area contributed by atoms with Gasteiger partial charge in [-0.15, -0.1) is 0 Å². The molecule has 23 heavy (non-hydrogen) atoms. The highest BCUT2D eigenvalue weighted by atomic mass is 15.4. The minimum Gasteiger partial charge on any atom is -0.330 e. The number of aromatic nitrogens is 2. The third-order valence-corrected chi connectivity index (χ3v) is 4.85. The van der Waals surface area contributed by atoms with Gasteiger partial charge in [0.1, 0.15) is 5.82 Å². The van der Waals surface area contributed by atoms with E-state index in [2.05, 4.69) is 73.4 Å². The van der Waals surface area contributed by atoms with Crippen LogP contribution in [0.3, 0.4) is 0 Å². The highest BCUT2D eigenvalue weighted by Crippen LogP contribution is 2.25. The molecule has 5 nitrogen and oxygen atoms in total. The number of para-hydroxylation sites is 2. The predicted molar refractivity (Wildman–Crippen MR) is 95.0 cm³/mol. The van der Waals surface area contributed by atoms with Crippen LogP contribution in [0.1, 0.15) is 33.0 Å². The van der Waals surface area contributed by atoms with Crippen molar-refractivity contribution in [1.29, 1.82) is 0 Å². The van der Waals surface area contributed by atoms with Crippen molar-refractivity contribution < 1.29 is 0 Å². The number of rotatable bonds is 4. The van der Waals surface area contributed by atoms with Crippen LogP contribution in [-0.4, -0.2) is 40.1 Å². The Morgan fingerprint density at radius 3 is 2.65 bits per heavy atom. The standard InChI is InChI=1S/C18H29N5/c1-18(2,3)16-10-13(20-21-16)11-22(4)12-17-19-14-8-6-7-9-15(14)23(17)5/h6-9,13,16,20-21H,10-12H2,1-5H3. The number of hydrazine groups is 1. The summed E-state index contributed by atoms with van der Waals surface area (Å²) in [7, 11) is 4.27. The lowest BCUT2D eigenvalue weighted by atomic mass is 9.84. The molecule has 1 aliphatic rings. The van der Waals surface area contributed by atoms with Gasteiger partial charge in [0.2, 0.25) is 0 Å². The monoisotopic (exact) mass is 315 g/mol. The van der Waals surface area contributed by atoms with Gasteiger partial charge in [-0.2, -0.15) is 0 Å². The summed E-state index contributed by atoms with van der Waals surface area (Å²) in [5.74, 6) is 1.12. The maximum absolute atomic E-state index is 4.77. The molecule has 0 saturated carbocycles. The maximum atomic E-state index is 4.77. The zero-order valence-corrected chi connectivity index (χ0v) is 14.9. The third-order valence-electron chi connectivity index (χ3n) is 4.85. The number of nitrogens with zero attached hydrogens (tertiary/aromatic N) is 3. The van der Waals surface area contributed by atoms with Gasteiger partial charge >= 0.3 is 0 Å². The summed E-state index contributed by atoms with van der Waals surface area (Å²) in [4.78, 5) is 7.12. The van der Waals surface area contributed by atoms with E-state index < -0.39 is 0 Å². The molecule has 1 aromatic carbocycles. The second-order valence-electron chi connectivity index (χ2n) is 7.91. The fraction of sp³-hybridized carbons (Fsp3) is 0.611. The van der Waals surface area contributed by atoms with Crippen LogP contribution < -0.4 is 10.9 Å². The number of hydrogen-bond donors (Lipinski definition) is 2. The van der Waals surface area contributed by atoms with Gasteiger partial charge in [0.05, 0.1) is 17.6 Å². The van der Waals surface area contributed by atoms with Crippen LogP contribution in [0, 0.1) is 5.41 Å². The molecule has 126 valence electrons. The molecule has 5 heteroatoms. The van der Waals surface area contributed by atoms with E-state index in [9.17, 15) is 0 Å². The van der Waals surface area contributed by atoms with Crippen LogP contribution >= 0.6 is 0 Å². The molecule has 0 bridgehead atoms. The van der Waals surface area contributed by atoms with Crippen molar-refractivity contribution in [3.8, 4) is 0 Å². The SMILES string of the molecule is CN(Cc1nc2ccccc2n1C)CC1CC(C(C)(C)C)NN1. The molecule has 0 spiro atoms. The quantitative estimate of drug-likeness (QED) is 0.909. The lowest BCUT2D eigenvalue weighted by Crippen LogP contribution is -2.41. The Bertz CT molecular complexity index is 670. The molecule has 0 radical (unpaired) electrons. The average molecular weight is 315 g/mol. The van der Waals surface area contributed by atoms with Crippen LogP contribution in [0.4, 0.5) is 0 Å². The van der Waals surface area contributed by atoms with Crippen molar-refractivity contribution in [2.75, 3.05) is 13.6 Å². The van der Waals surface area contributed by atoms with Crippen molar-refractivity contribution in [2.24, 2.45) is 12.5 Å². The summed E-state index contributed by atoms with van der Waals surface area (Å²) in [6.07, 6.45) is 1.16. The van der Waals surface area contributed by atoms with Gasteiger partial charge in [0.15, 0.2) is 0 Å². The summed E-state index contributed by atoms with van der Waals surface area (Å²) in [5, 5.41) is 0. The van der Waals surface area contributed by atoms with Gasteiger partial charge in [-0.25, -0.2) is 4.98 Å². The minimum atomic E-state index is 0.289. The van der Waals surface area contributed by atoms with Crippen LogP contribution in [0.5, 0.6) is 0 Å². The average Bonchev–Trinajstić information content (AvgIpc) is 3.05. The molecule has 1 saturated heterocycles. The molecule has 2 heterocycles. The fourth-order valence-electron chi connectivity index (χ4n) is 3.33. The van der Waals surface area contributed by atoms with E-state index in [4.69, 9.17) is 4.98 Å². The Labute approximate surface area is 139 Å². The molecule has 0 aliphatic carbocycles. The number of fused-ring (bicyclic) bond motifs is 1. The zero-order valence-electron chi connectivity index (χ0n) is 14.9. The normalized spacial score (nSPS) is 22.3. The molecule has 2 aromatic rings. The number of benzene rings is 1. The number of hydrogen-bond acceptors (Lipinski definition) is 4. The molecule has 1 aliphatic heterocycles. The lowest BCUT2D eigenvalue weighted by molar-refractivity contribution is 0.274. The molecule has 2 atom stereocenters. The van der Waals surface area contributed by atoms with Gasteiger partial charge in [0.25, 0.3) is 0 Å². The van der Waals surface area contributed by atoms with E-state index in [1.807, 2.05) is 6.07 Å². The van der Waals surface area contributed by atoms with Crippen molar-refractivity contribution in [1.82, 2.24) is 25.3 Å². The zero-order chi connectivity index (χ0) is 16.6. The number of imidazole rings is 1. The molecule has 2 unspecified atom stereocenters. The maximum Gasteiger partial charge on any atom is 0.123 e. The van der Waals surface area contributed by atoms with E-state index in [-0.39, 0.29) is 5.41 Å². The Morgan fingerprint density at radius 1 is 1.26 bits per heavy atom. The molecule has 1 fully saturated rings. The van der Waals surface area contributed by atoms with E-state index in [1.54, 1.807) is 0 Å². The Kier molecular flexibility index (Phi) is 4.45. The predicted octanol–water partition coefficient (Wildman–Crippen LogP) is 2.29. The summed E-state index contributed by atoms with van der Waals surface area (Å²) >= 11 is 0. The van der Waals surface area contributed by atoms with Crippen molar-refractivity contribution in [3.05, 3.63) is 30.1 Å². The summed E-state index contributed by atoms with van der Waals surface area (Å²) in [6, 6.07) is 9.33. The molecular formula is C18H29N5. The molecule has 1 aromatic heterocycles. The molecular weight excluding hydrogens is 286 g/mol. The van der Waals surface area contributed by atoms with Gasteiger partial charge in [-0.3, -0.25) is 15.8 Å². The largest absolute Gasteiger partial charge is 0.330 e. The first-order chi connectivity index (χ1) is 10.8. The Morgan fingerprint density at radius 2 is 2.00 bits per heavy atom. The van der Waals surface area contributed by atoms with Crippen LogP contribution in [0.2, 0.25) is 0 Å². The second-order valence-corrected chi connectivity index (χ2v) is 7.91. The first-order valence-corrected chi connectivity index (χ1v) is 8.44. The minimum absolute atomic E-state index is 0.289. The molecule has 3 rings (SSSR count). The number of nitrogens with one attached hydrogen (secondary N) is 2. The van der Waals surface area contributed by atoms with E-state index in [0.29, 0.717) is 12.1 Å². The van der Waals surface area contributed by atoms with Crippen LogP contribution in [0.15, 0.2) is 24.3 Å². The first-order valence-electron chi connectivity index (χ1n) is 8.44. The van der Waals surface area contributed by atoms with Gasteiger partial charge < -0.3 is 4.57 Å². The van der Waals surface area contributed by atoms with E-state index in [0.717, 1.165) is 30.9 Å². The topological polar surface area (TPSA) is 45.1 Å². The number of likely N-dealkylation sites (N-methyl/N-ethyl adjacent to an activating group) is 1. The van der Waals surface area contributed by atoms with E-state index in [1.165, 1.54) is 5.52 Å². The Balaban J connectivity index is 1.61. The number of aryl methyl sites for hydroxylation is 1. The molecule has 2 N–H and O–H groups in total. The van der Waals surface area contributed by atoms with Gasteiger partial charge in [-0.1, -0.05) is 32.9 Å². The van der Waals surface area contributed by atoms with Crippen molar-refractivity contribution in [2.45, 2.75) is 45.8 Å². The molecule has 0 amide bonds. The second kappa shape index (κ2) is 6.23. The fourth-order valence-corrected chi connectivity index (χ4v) is 3.33. The first kappa shape index (κ1) is 16.4. The lowest BCUT2D eigenvalue weighted by Gasteiger charge is -2.26. The Hall–Kier alpha value is -1.43.